The molecule has 2 aliphatic carbocycles. The number of rotatable bonds is 7. The molecule has 3 aromatic rings. The van der Waals surface area contributed by atoms with Gasteiger partial charge in [0.05, 0.1) is 16.9 Å². The normalized spacial score (nSPS) is 18.5. The van der Waals surface area contributed by atoms with Gasteiger partial charge >= 0.3 is 0 Å². The summed E-state index contributed by atoms with van der Waals surface area (Å²) in [6.07, 6.45) is 11.3. The number of nitrogens with zero attached hydrogens (tertiary/aromatic N) is 1. The topological polar surface area (TPSA) is 37.4 Å². The van der Waals surface area contributed by atoms with E-state index in [1.165, 1.54) is 16.3 Å². The molecule has 6 heteroatoms. The van der Waals surface area contributed by atoms with Crippen molar-refractivity contribution < 1.29 is 8.42 Å². The Balaban J connectivity index is 1.67. The maximum atomic E-state index is 13.8. The molecule has 0 radical (unpaired) electrons. The summed E-state index contributed by atoms with van der Waals surface area (Å²) in [6.45, 7) is 2.15. The molecular formula is C33H31Cl2NO2S. The summed E-state index contributed by atoms with van der Waals surface area (Å²) in [4.78, 5) is 0.240. The summed E-state index contributed by atoms with van der Waals surface area (Å²) in [6, 6.07) is 22.6. The van der Waals surface area contributed by atoms with E-state index in [0.29, 0.717) is 10.0 Å². The van der Waals surface area contributed by atoms with Gasteiger partial charge in [-0.2, -0.15) is 4.31 Å². The van der Waals surface area contributed by atoms with E-state index < -0.39 is 15.4 Å². The number of terminal acetylenes is 1. The fourth-order valence-electron chi connectivity index (χ4n) is 5.82. The minimum absolute atomic E-state index is 0.0200. The number of halogens is 2. The van der Waals surface area contributed by atoms with Gasteiger partial charge in [-0.05, 0) is 91.3 Å². The highest BCUT2D eigenvalue weighted by molar-refractivity contribution is 7.89. The highest BCUT2D eigenvalue weighted by Crippen LogP contribution is 2.64. The van der Waals surface area contributed by atoms with Gasteiger partial charge in [-0.25, -0.2) is 8.42 Å². The van der Waals surface area contributed by atoms with E-state index in [-0.39, 0.29) is 23.9 Å². The van der Waals surface area contributed by atoms with E-state index in [9.17, 15) is 8.42 Å². The first kappa shape index (κ1) is 27.8. The van der Waals surface area contributed by atoms with Crippen LogP contribution in [0.2, 0.25) is 10.0 Å². The maximum Gasteiger partial charge on any atom is 0.243 e. The summed E-state index contributed by atoms with van der Waals surface area (Å²) < 4.78 is 29.1. The number of hydrogen-bond acceptors (Lipinski definition) is 2. The lowest BCUT2D eigenvalue weighted by atomic mass is 9.85. The zero-order chi connectivity index (χ0) is 27.6. The second-order valence-corrected chi connectivity index (χ2v) is 13.2. The number of hydrogen-bond donors (Lipinski definition) is 0. The lowest BCUT2D eigenvalue weighted by molar-refractivity contribution is 0.420. The molecule has 2 fully saturated rings. The van der Waals surface area contributed by atoms with Crippen molar-refractivity contribution in [2.45, 2.75) is 49.3 Å². The van der Waals surface area contributed by atoms with Gasteiger partial charge in [-0.1, -0.05) is 77.5 Å². The van der Waals surface area contributed by atoms with Gasteiger partial charge in [-0.15, -0.1) is 12.2 Å². The van der Waals surface area contributed by atoms with Crippen LogP contribution < -0.4 is 0 Å². The van der Waals surface area contributed by atoms with E-state index in [1.54, 1.807) is 12.1 Å². The van der Waals surface area contributed by atoms with Crippen molar-refractivity contribution in [3.8, 4) is 12.3 Å². The molecule has 1 unspecified atom stereocenters. The number of aryl methyl sites for hydroxylation is 1. The van der Waals surface area contributed by atoms with Crippen molar-refractivity contribution in [2.24, 2.45) is 5.92 Å². The van der Waals surface area contributed by atoms with Crippen molar-refractivity contribution in [1.29, 1.82) is 0 Å². The fraction of sp³-hybridized carbons (Fsp3) is 0.303. The Bertz CT molecular complexity index is 1510. The van der Waals surface area contributed by atoms with Gasteiger partial charge in [0.2, 0.25) is 10.0 Å². The van der Waals surface area contributed by atoms with Crippen LogP contribution in [0.4, 0.5) is 0 Å². The lowest BCUT2D eigenvalue weighted by Crippen LogP contribution is -2.35. The molecule has 2 aliphatic rings. The van der Waals surface area contributed by atoms with Crippen molar-refractivity contribution in [2.75, 3.05) is 13.1 Å². The molecule has 2 saturated carbocycles. The molecule has 0 aromatic heterocycles. The maximum absolute atomic E-state index is 13.8. The largest absolute Gasteiger partial charge is 0.243 e. The number of sulfonamides is 1. The molecule has 3 nitrogen and oxygen atoms in total. The molecule has 5 rings (SSSR count). The molecule has 3 aromatic carbocycles. The quantitative estimate of drug-likeness (QED) is 0.211. The van der Waals surface area contributed by atoms with E-state index in [2.05, 4.69) is 11.7 Å². The van der Waals surface area contributed by atoms with E-state index >= 15 is 0 Å². The third-order valence-corrected chi connectivity index (χ3v) is 10.2. The van der Waals surface area contributed by atoms with Crippen LogP contribution in [0.3, 0.4) is 0 Å². The predicted molar refractivity (Wildman–Crippen MR) is 160 cm³/mol. The van der Waals surface area contributed by atoms with Crippen LogP contribution in [0.1, 0.15) is 48.8 Å². The Kier molecular flexibility index (Phi) is 8.11. The van der Waals surface area contributed by atoms with Crippen LogP contribution in [0.25, 0.3) is 0 Å². The predicted octanol–water partition coefficient (Wildman–Crippen LogP) is 7.96. The van der Waals surface area contributed by atoms with Gasteiger partial charge in [0.15, 0.2) is 0 Å². The monoisotopic (exact) mass is 575 g/mol. The SMILES string of the molecule is C#CCN(CC1C(=C=C2CCCCC2)C1(c1ccc(Cl)cc1)c1ccc(Cl)cc1)S(=O)(=O)c1ccc(C)cc1. The molecule has 0 amide bonds. The Morgan fingerprint density at radius 2 is 1.41 bits per heavy atom. The second-order valence-electron chi connectivity index (χ2n) is 10.4. The van der Waals surface area contributed by atoms with Crippen molar-refractivity contribution >= 4 is 33.2 Å². The average molecular weight is 577 g/mol. The van der Waals surface area contributed by atoms with Crippen LogP contribution >= 0.6 is 23.2 Å². The van der Waals surface area contributed by atoms with Crippen molar-refractivity contribution in [1.82, 2.24) is 4.31 Å². The van der Waals surface area contributed by atoms with Gasteiger partial charge in [0, 0.05) is 22.5 Å². The summed E-state index contributed by atoms with van der Waals surface area (Å²) in [5.74, 6) is 2.43. The molecule has 1 atom stereocenters. The first-order valence-electron chi connectivity index (χ1n) is 13.3. The minimum atomic E-state index is -3.82. The second kappa shape index (κ2) is 11.4. The molecule has 0 saturated heterocycles. The Hall–Kier alpha value is -2.77. The van der Waals surface area contributed by atoms with Gasteiger partial charge in [-0.3, -0.25) is 0 Å². The third kappa shape index (κ3) is 5.48. The minimum Gasteiger partial charge on any atom is -0.207 e. The van der Waals surface area contributed by atoms with E-state index in [0.717, 1.165) is 47.9 Å². The molecular weight excluding hydrogens is 545 g/mol. The van der Waals surface area contributed by atoms with Crippen molar-refractivity contribution in [3.05, 3.63) is 116 Å². The van der Waals surface area contributed by atoms with Crippen LogP contribution in [-0.2, 0) is 15.4 Å². The zero-order valence-electron chi connectivity index (χ0n) is 22.0. The number of benzene rings is 3. The van der Waals surface area contributed by atoms with Gasteiger partial charge in [0.1, 0.15) is 0 Å². The first-order valence-corrected chi connectivity index (χ1v) is 15.5. The van der Waals surface area contributed by atoms with Crippen LogP contribution in [-0.4, -0.2) is 25.8 Å². The molecule has 0 spiro atoms. The fourth-order valence-corrected chi connectivity index (χ4v) is 7.44. The summed E-state index contributed by atoms with van der Waals surface area (Å²) in [5.41, 5.74) is 8.72. The summed E-state index contributed by atoms with van der Waals surface area (Å²) in [5, 5.41) is 1.29. The van der Waals surface area contributed by atoms with Gasteiger partial charge < -0.3 is 0 Å². The van der Waals surface area contributed by atoms with E-state index in [1.807, 2.05) is 67.6 Å². The highest BCUT2D eigenvalue weighted by Gasteiger charge is 2.63. The molecule has 39 heavy (non-hydrogen) atoms. The molecule has 0 N–H and O–H groups in total. The zero-order valence-corrected chi connectivity index (χ0v) is 24.3. The Morgan fingerprint density at radius 3 is 1.92 bits per heavy atom. The first-order chi connectivity index (χ1) is 18.8. The standard InChI is InChI=1S/C33H31Cl2NO2S/c1-3-21-36(39(37,38)30-19-9-24(2)10-20-30)23-32-31(22-25-7-5-4-6-8-25)33(32,26-11-15-28(34)16-12-26)27-13-17-29(35)18-14-27/h1,9-20,32H,4-8,21,23H2,2H3. The Labute approximate surface area is 242 Å². The third-order valence-electron chi connectivity index (χ3n) is 7.89. The van der Waals surface area contributed by atoms with Crippen LogP contribution in [0.5, 0.6) is 0 Å². The average Bonchev–Trinajstić information content (AvgIpc) is 3.56. The molecule has 200 valence electrons. The Morgan fingerprint density at radius 1 is 0.872 bits per heavy atom. The smallest absolute Gasteiger partial charge is 0.207 e. The summed E-state index contributed by atoms with van der Waals surface area (Å²) >= 11 is 12.6. The highest BCUT2D eigenvalue weighted by atomic mass is 35.5. The van der Waals surface area contributed by atoms with Gasteiger partial charge in [0.25, 0.3) is 0 Å². The molecule has 0 bridgehead atoms. The van der Waals surface area contributed by atoms with E-state index in [4.69, 9.17) is 29.6 Å². The molecule has 0 aliphatic heterocycles. The molecule has 0 heterocycles. The van der Waals surface area contributed by atoms with Crippen LogP contribution in [0.15, 0.2) is 94.6 Å². The lowest BCUT2D eigenvalue weighted by Gasteiger charge is -2.23. The summed E-state index contributed by atoms with van der Waals surface area (Å²) in [7, 11) is -3.82. The van der Waals surface area contributed by atoms with Crippen LogP contribution in [0, 0.1) is 25.2 Å². The van der Waals surface area contributed by atoms with Crippen molar-refractivity contribution in [3.63, 3.8) is 0 Å².